The fraction of sp³-hybridized carbons (Fsp3) is 0.625. The van der Waals surface area contributed by atoms with Gasteiger partial charge in [-0.2, -0.15) is 4.31 Å². The summed E-state index contributed by atoms with van der Waals surface area (Å²) in [4.78, 5) is 0.302. The van der Waals surface area contributed by atoms with Crippen LogP contribution in [0, 0.1) is 0 Å². The largest absolute Gasteiger partial charge is 0.491 e. The Morgan fingerprint density at radius 2 is 1.78 bits per heavy atom. The smallest absolute Gasteiger partial charge is 0.243 e. The molecule has 0 amide bonds. The van der Waals surface area contributed by atoms with Crippen LogP contribution in [0.15, 0.2) is 29.2 Å². The van der Waals surface area contributed by atoms with Gasteiger partial charge in [-0.25, -0.2) is 8.42 Å². The molecule has 132 valence electrons. The predicted molar refractivity (Wildman–Crippen MR) is 94.6 cm³/mol. The second kappa shape index (κ2) is 8.33. The number of benzene rings is 1. The molecule has 1 aliphatic heterocycles. The number of hydrogen-bond acceptors (Lipinski definition) is 4. The van der Waals surface area contributed by atoms with Crippen molar-refractivity contribution >= 4 is 22.4 Å². The summed E-state index contributed by atoms with van der Waals surface area (Å²) in [6, 6.07) is 6.35. The maximum atomic E-state index is 12.9. The highest BCUT2D eigenvalue weighted by Gasteiger charge is 2.35. The molecule has 0 radical (unpaired) electrons. The Morgan fingerprint density at radius 3 is 2.30 bits per heavy atom. The number of piperidine rings is 1. The average molecular weight is 363 g/mol. The zero-order valence-electron chi connectivity index (χ0n) is 13.9. The Bertz CT molecular complexity index is 588. The first-order valence-electron chi connectivity index (χ1n) is 7.86. The summed E-state index contributed by atoms with van der Waals surface area (Å²) >= 11 is 0. The molecular weight excluding hydrogens is 336 g/mol. The lowest BCUT2D eigenvalue weighted by Gasteiger charge is -2.36. The molecule has 2 rings (SSSR count). The molecule has 1 aromatic carbocycles. The highest BCUT2D eigenvalue weighted by Crippen LogP contribution is 2.27. The number of sulfonamides is 1. The lowest BCUT2D eigenvalue weighted by Crippen LogP contribution is -2.51. The van der Waals surface area contributed by atoms with E-state index >= 15 is 0 Å². The summed E-state index contributed by atoms with van der Waals surface area (Å²) in [5.74, 6) is 0.677. The van der Waals surface area contributed by atoms with Gasteiger partial charge in [-0.05, 0) is 57.9 Å². The van der Waals surface area contributed by atoms with Crippen LogP contribution in [0.25, 0.3) is 0 Å². The van der Waals surface area contributed by atoms with Crippen molar-refractivity contribution in [1.29, 1.82) is 0 Å². The van der Waals surface area contributed by atoms with Crippen molar-refractivity contribution in [2.75, 3.05) is 6.54 Å². The first kappa shape index (κ1) is 20.2. The van der Waals surface area contributed by atoms with E-state index in [2.05, 4.69) is 0 Å². The highest BCUT2D eigenvalue weighted by atomic mass is 35.5. The number of hydrogen-bond donors (Lipinski definition) is 1. The van der Waals surface area contributed by atoms with Crippen LogP contribution in [0.3, 0.4) is 0 Å². The minimum atomic E-state index is -3.50. The third kappa shape index (κ3) is 4.83. The van der Waals surface area contributed by atoms with Crippen molar-refractivity contribution in [1.82, 2.24) is 4.31 Å². The molecule has 0 saturated carbocycles. The fourth-order valence-electron chi connectivity index (χ4n) is 2.85. The molecular formula is C16H27ClN2O3S. The van der Waals surface area contributed by atoms with E-state index in [1.807, 2.05) is 20.8 Å². The van der Waals surface area contributed by atoms with Gasteiger partial charge in [0.15, 0.2) is 0 Å². The molecule has 0 bridgehead atoms. The Morgan fingerprint density at radius 1 is 1.17 bits per heavy atom. The first-order valence-corrected chi connectivity index (χ1v) is 9.30. The molecule has 1 saturated heterocycles. The summed E-state index contributed by atoms with van der Waals surface area (Å²) in [5.41, 5.74) is 5.99. The van der Waals surface area contributed by atoms with Gasteiger partial charge in [0.25, 0.3) is 0 Å². The van der Waals surface area contributed by atoms with Gasteiger partial charge in [-0.3, -0.25) is 0 Å². The van der Waals surface area contributed by atoms with E-state index in [9.17, 15) is 8.42 Å². The minimum absolute atomic E-state index is 0. The third-order valence-corrected chi connectivity index (χ3v) is 5.85. The number of nitrogens with two attached hydrogens (primary N) is 1. The van der Waals surface area contributed by atoms with Gasteiger partial charge >= 0.3 is 0 Å². The Balaban J connectivity index is 0.00000264. The molecule has 1 aromatic rings. The topological polar surface area (TPSA) is 72.6 Å². The molecule has 2 unspecified atom stereocenters. The first-order chi connectivity index (χ1) is 10.3. The minimum Gasteiger partial charge on any atom is -0.491 e. The van der Waals surface area contributed by atoms with Gasteiger partial charge in [0, 0.05) is 18.6 Å². The number of halogens is 1. The molecule has 1 fully saturated rings. The predicted octanol–water partition coefficient (Wildman–Crippen LogP) is 2.79. The second-order valence-electron chi connectivity index (χ2n) is 6.18. The van der Waals surface area contributed by atoms with Gasteiger partial charge < -0.3 is 10.5 Å². The van der Waals surface area contributed by atoms with Crippen molar-refractivity contribution in [3.63, 3.8) is 0 Å². The zero-order valence-corrected chi connectivity index (χ0v) is 15.6. The van der Waals surface area contributed by atoms with E-state index < -0.39 is 10.0 Å². The normalized spacial score (nSPS) is 20.8. The Labute approximate surface area is 145 Å². The number of rotatable bonds is 5. The van der Waals surface area contributed by atoms with E-state index in [4.69, 9.17) is 10.5 Å². The maximum absolute atomic E-state index is 12.9. The van der Waals surface area contributed by atoms with Crippen LogP contribution in [0.2, 0.25) is 0 Å². The van der Waals surface area contributed by atoms with Crippen molar-refractivity contribution in [2.24, 2.45) is 5.73 Å². The number of nitrogens with zero attached hydrogens (tertiary/aromatic N) is 1. The molecule has 7 heteroatoms. The van der Waals surface area contributed by atoms with Gasteiger partial charge in [0.1, 0.15) is 5.75 Å². The van der Waals surface area contributed by atoms with Gasteiger partial charge in [-0.15, -0.1) is 12.4 Å². The van der Waals surface area contributed by atoms with Crippen LogP contribution in [0.4, 0.5) is 0 Å². The molecule has 2 atom stereocenters. The van der Waals surface area contributed by atoms with Gasteiger partial charge in [0.05, 0.1) is 11.0 Å². The quantitative estimate of drug-likeness (QED) is 0.874. The second-order valence-corrected chi connectivity index (χ2v) is 8.07. The summed E-state index contributed by atoms with van der Waals surface area (Å²) in [6.07, 6.45) is 2.80. The van der Waals surface area contributed by atoms with E-state index in [1.165, 1.54) is 0 Å². The third-order valence-electron chi connectivity index (χ3n) is 3.91. The van der Waals surface area contributed by atoms with E-state index in [0.717, 1.165) is 19.3 Å². The van der Waals surface area contributed by atoms with E-state index in [0.29, 0.717) is 17.2 Å². The summed E-state index contributed by atoms with van der Waals surface area (Å²) < 4.78 is 32.9. The lowest BCUT2D eigenvalue weighted by molar-refractivity contribution is 0.227. The van der Waals surface area contributed by atoms with Crippen LogP contribution in [-0.4, -0.2) is 37.5 Å². The monoisotopic (exact) mass is 362 g/mol. The molecule has 1 aliphatic rings. The molecule has 2 N–H and O–H groups in total. The standard InChI is InChI=1S/C16H26N2O3S.ClH/c1-12(2)21-14-7-9-15(10-8-14)22(19,20)18-11-5-4-6-16(18)13(3)17;/h7-10,12-13,16H,4-6,11,17H2,1-3H3;1H. The highest BCUT2D eigenvalue weighted by molar-refractivity contribution is 7.89. The average Bonchev–Trinajstić information content (AvgIpc) is 2.47. The summed E-state index contributed by atoms with van der Waals surface area (Å²) in [6.45, 7) is 6.29. The maximum Gasteiger partial charge on any atom is 0.243 e. The molecule has 0 spiro atoms. The van der Waals surface area contributed by atoms with Crippen molar-refractivity contribution in [2.45, 2.75) is 63.1 Å². The summed E-state index contributed by atoms with van der Waals surface area (Å²) in [5, 5.41) is 0. The molecule has 5 nitrogen and oxygen atoms in total. The van der Waals surface area contributed by atoms with Crippen LogP contribution < -0.4 is 10.5 Å². The van der Waals surface area contributed by atoms with Crippen LogP contribution in [-0.2, 0) is 10.0 Å². The van der Waals surface area contributed by atoms with Crippen molar-refractivity contribution < 1.29 is 13.2 Å². The van der Waals surface area contributed by atoms with Crippen molar-refractivity contribution in [3.05, 3.63) is 24.3 Å². The fourth-order valence-corrected chi connectivity index (χ4v) is 4.63. The Hall–Kier alpha value is -0.820. The SMILES string of the molecule is CC(C)Oc1ccc(S(=O)(=O)N2CCCCC2C(C)N)cc1.Cl. The number of ether oxygens (including phenoxy) is 1. The van der Waals surface area contributed by atoms with Crippen LogP contribution in [0.5, 0.6) is 5.75 Å². The van der Waals surface area contributed by atoms with E-state index in [-0.39, 0.29) is 30.6 Å². The van der Waals surface area contributed by atoms with Crippen LogP contribution >= 0.6 is 12.4 Å². The summed E-state index contributed by atoms with van der Waals surface area (Å²) in [7, 11) is -3.50. The van der Waals surface area contributed by atoms with Crippen molar-refractivity contribution in [3.8, 4) is 5.75 Å². The molecule has 23 heavy (non-hydrogen) atoms. The van der Waals surface area contributed by atoms with Gasteiger partial charge in [0.2, 0.25) is 10.0 Å². The lowest BCUT2D eigenvalue weighted by atomic mass is 10.00. The molecule has 0 aromatic heterocycles. The Kier molecular flexibility index (Phi) is 7.32. The van der Waals surface area contributed by atoms with Gasteiger partial charge in [-0.1, -0.05) is 6.42 Å². The zero-order chi connectivity index (χ0) is 16.3. The molecule has 0 aliphatic carbocycles. The van der Waals surface area contributed by atoms with Crippen LogP contribution in [0.1, 0.15) is 40.0 Å². The van der Waals surface area contributed by atoms with E-state index in [1.54, 1.807) is 28.6 Å². The molecule has 1 heterocycles.